The van der Waals surface area contributed by atoms with Crippen LogP contribution in [0.3, 0.4) is 0 Å². The molecule has 0 aromatic heterocycles. The third kappa shape index (κ3) is 3.44. The largest absolute Gasteiger partial charge is 0.413 e. The van der Waals surface area contributed by atoms with Crippen LogP contribution in [-0.4, -0.2) is 14.4 Å². The minimum Gasteiger partial charge on any atom is -0.413 e. The summed E-state index contributed by atoms with van der Waals surface area (Å²) in [7, 11) is -1.73. The number of rotatable bonds is 6. The van der Waals surface area contributed by atoms with E-state index in [2.05, 4.69) is 47.5 Å². The molecule has 0 bridgehead atoms. The SMILES string of the molecule is C#CC[C@@H]1CCC[C@@H]1O[Si](C(C)C)(C(C)C)C(C)C. The van der Waals surface area contributed by atoms with E-state index >= 15 is 0 Å². The molecule has 1 aliphatic carbocycles. The van der Waals surface area contributed by atoms with E-state index in [1.165, 1.54) is 19.3 Å². The number of hydrogen-bond acceptors (Lipinski definition) is 1. The van der Waals surface area contributed by atoms with Crippen LogP contribution >= 0.6 is 0 Å². The highest BCUT2D eigenvalue weighted by Crippen LogP contribution is 2.45. The van der Waals surface area contributed by atoms with Crippen molar-refractivity contribution >= 4 is 8.32 Å². The fourth-order valence-corrected chi connectivity index (χ4v) is 9.86. The van der Waals surface area contributed by atoms with Gasteiger partial charge in [-0.2, -0.15) is 0 Å². The molecule has 0 radical (unpaired) electrons. The number of hydrogen-bond donors (Lipinski definition) is 0. The van der Waals surface area contributed by atoms with Gasteiger partial charge in [0.1, 0.15) is 0 Å². The monoisotopic (exact) mass is 280 g/mol. The molecule has 0 saturated heterocycles. The summed E-state index contributed by atoms with van der Waals surface area (Å²) in [5.74, 6) is 3.45. The first-order chi connectivity index (χ1) is 8.86. The smallest absolute Gasteiger partial charge is 0.200 e. The molecule has 0 aliphatic heterocycles. The van der Waals surface area contributed by atoms with E-state index in [9.17, 15) is 0 Å². The fraction of sp³-hybridized carbons (Fsp3) is 0.882. The van der Waals surface area contributed by atoms with Gasteiger partial charge in [0.2, 0.25) is 8.32 Å². The van der Waals surface area contributed by atoms with E-state index in [1.807, 2.05) is 0 Å². The Kier molecular flexibility index (Phi) is 6.14. The van der Waals surface area contributed by atoms with Crippen molar-refractivity contribution in [1.29, 1.82) is 0 Å². The highest BCUT2D eigenvalue weighted by atomic mass is 28.4. The van der Waals surface area contributed by atoms with Gasteiger partial charge in [-0.15, -0.1) is 12.3 Å². The van der Waals surface area contributed by atoms with Crippen LogP contribution in [0.2, 0.25) is 16.6 Å². The predicted molar refractivity (Wildman–Crippen MR) is 86.7 cm³/mol. The van der Waals surface area contributed by atoms with Crippen molar-refractivity contribution in [3.05, 3.63) is 0 Å². The van der Waals surface area contributed by atoms with Crippen LogP contribution < -0.4 is 0 Å². The van der Waals surface area contributed by atoms with E-state index in [-0.39, 0.29) is 0 Å². The average Bonchev–Trinajstić information content (AvgIpc) is 2.72. The second kappa shape index (κ2) is 6.95. The normalized spacial score (nSPS) is 24.4. The van der Waals surface area contributed by atoms with Gasteiger partial charge in [0.15, 0.2) is 0 Å². The van der Waals surface area contributed by atoms with Gasteiger partial charge in [0.25, 0.3) is 0 Å². The zero-order chi connectivity index (χ0) is 14.6. The molecule has 0 N–H and O–H groups in total. The van der Waals surface area contributed by atoms with Crippen molar-refractivity contribution in [2.45, 2.75) is 90.0 Å². The Labute approximate surface area is 121 Å². The fourth-order valence-electron chi connectivity index (χ4n) is 4.21. The lowest BCUT2D eigenvalue weighted by molar-refractivity contribution is 0.136. The molecule has 1 saturated carbocycles. The summed E-state index contributed by atoms with van der Waals surface area (Å²) in [5.41, 5.74) is 2.00. The molecule has 110 valence electrons. The summed E-state index contributed by atoms with van der Waals surface area (Å²) in [4.78, 5) is 0. The molecule has 0 aromatic carbocycles. The minimum atomic E-state index is -1.73. The van der Waals surface area contributed by atoms with E-state index in [0.717, 1.165) is 6.42 Å². The number of terminal acetylenes is 1. The van der Waals surface area contributed by atoms with Gasteiger partial charge in [0, 0.05) is 12.5 Å². The molecule has 0 spiro atoms. The Morgan fingerprint density at radius 1 is 1.05 bits per heavy atom. The zero-order valence-corrected chi connectivity index (χ0v) is 14.7. The Morgan fingerprint density at radius 3 is 2.00 bits per heavy atom. The van der Waals surface area contributed by atoms with E-state index in [4.69, 9.17) is 10.8 Å². The molecule has 1 fully saturated rings. The van der Waals surface area contributed by atoms with Crippen LogP contribution in [0.5, 0.6) is 0 Å². The van der Waals surface area contributed by atoms with Gasteiger partial charge in [-0.25, -0.2) is 0 Å². The van der Waals surface area contributed by atoms with Crippen LogP contribution in [0.15, 0.2) is 0 Å². The van der Waals surface area contributed by atoms with Crippen LogP contribution in [0.1, 0.15) is 67.2 Å². The molecule has 2 heteroatoms. The van der Waals surface area contributed by atoms with Gasteiger partial charge in [-0.3, -0.25) is 0 Å². The quantitative estimate of drug-likeness (QED) is 0.469. The summed E-state index contributed by atoms with van der Waals surface area (Å²) in [6, 6.07) is 0. The molecule has 1 nitrogen and oxygen atoms in total. The lowest BCUT2D eigenvalue weighted by Crippen LogP contribution is -2.50. The molecule has 19 heavy (non-hydrogen) atoms. The van der Waals surface area contributed by atoms with Crippen molar-refractivity contribution in [1.82, 2.24) is 0 Å². The van der Waals surface area contributed by atoms with Gasteiger partial charge in [-0.1, -0.05) is 48.0 Å². The van der Waals surface area contributed by atoms with Gasteiger partial charge in [-0.05, 0) is 35.4 Å². The maximum Gasteiger partial charge on any atom is 0.200 e. The Hall–Kier alpha value is -0.263. The standard InChI is InChI=1S/C17H32OSi/c1-8-10-16-11-9-12-17(16)18-19(13(2)3,14(4)5)15(6)7/h1,13-17H,9-12H2,2-7H3/t16-,17+/m1/s1. The predicted octanol–water partition coefficient (Wildman–Crippen LogP) is 5.37. The maximum absolute atomic E-state index is 6.89. The first-order valence-electron chi connectivity index (χ1n) is 7.97. The average molecular weight is 281 g/mol. The van der Waals surface area contributed by atoms with Crippen LogP contribution in [-0.2, 0) is 4.43 Å². The summed E-state index contributed by atoms with van der Waals surface area (Å²) in [6.45, 7) is 14.2. The van der Waals surface area contributed by atoms with Crippen LogP contribution in [0.4, 0.5) is 0 Å². The van der Waals surface area contributed by atoms with E-state index < -0.39 is 8.32 Å². The maximum atomic E-state index is 6.89. The Balaban J connectivity index is 2.92. The molecular weight excluding hydrogens is 248 g/mol. The van der Waals surface area contributed by atoms with Crippen molar-refractivity contribution in [3.63, 3.8) is 0 Å². The topological polar surface area (TPSA) is 9.23 Å². The molecular formula is C17H32OSi. The second-order valence-corrected chi connectivity index (χ2v) is 12.5. The molecule has 0 amide bonds. The van der Waals surface area contributed by atoms with E-state index in [1.54, 1.807) is 0 Å². The molecule has 0 heterocycles. The van der Waals surface area contributed by atoms with Gasteiger partial charge in [0.05, 0.1) is 0 Å². The minimum absolute atomic E-state index is 0.426. The van der Waals surface area contributed by atoms with Gasteiger partial charge < -0.3 is 4.43 Å². The van der Waals surface area contributed by atoms with Crippen molar-refractivity contribution < 1.29 is 4.43 Å². The third-order valence-electron chi connectivity index (χ3n) is 5.03. The lowest BCUT2D eigenvalue weighted by atomic mass is 10.0. The van der Waals surface area contributed by atoms with E-state index in [0.29, 0.717) is 28.6 Å². The molecule has 1 aliphatic rings. The summed E-state index contributed by atoms with van der Waals surface area (Å²) in [6.07, 6.45) is 10.6. The first-order valence-corrected chi connectivity index (χ1v) is 10.1. The first kappa shape index (κ1) is 16.8. The van der Waals surface area contributed by atoms with Gasteiger partial charge >= 0.3 is 0 Å². The highest BCUT2D eigenvalue weighted by molar-refractivity contribution is 6.77. The lowest BCUT2D eigenvalue weighted by Gasteiger charge is -2.45. The third-order valence-corrected chi connectivity index (χ3v) is 11.2. The molecule has 0 unspecified atom stereocenters. The molecule has 2 atom stereocenters. The van der Waals surface area contributed by atoms with Crippen LogP contribution in [0.25, 0.3) is 0 Å². The zero-order valence-electron chi connectivity index (χ0n) is 13.7. The van der Waals surface area contributed by atoms with Crippen LogP contribution in [0, 0.1) is 18.3 Å². The summed E-state index contributed by atoms with van der Waals surface area (Å²) < 4.78 is 6.89. The summed E-state index contributed by atoms with van der Waals surface area (Å²) >= 11 is 0. The summed E-state index contributed by atoms with van der Waals surface area (Å²) in [5, 5.41) is 0. The van der Waals surface area contributed by atoms with Crippen molar-refractivity contribution in [2.75, 3.05) is 0 Å². The molecule has 1 rings (SSSR count). The van der Waals surface area contributed by atoms with Crippen molar-refractivity contribution in [2.24, 2.45) is 5.92 Å². The Morgan fingerprint density at radius 2 is 1.58 bits per heavy atom. The highest BCUT2D eigenvalue weighted by Gasteiger charge is 2.48. The molecule has 0 aromatic rings. The Bertz CT molecular complexity index is 292. The van der Waals surface area contributed by atoms with Crippen molar-refractivity contribution in [3.8, 4) is 12.3 Å². The second-order valence-electron chi connectivity index (χ2n) is 7.07.